The van der Waals surface area contributed by atoms with E-state index in [-0.39, 0.29) is 0 Å². The first-order valence-electron chi connectivity index (χ1n) is 7.04. The second-order valence-corrected chi connectivity index (χ2v) is 5.96. The third-order valence-electron chi connectivity index (χ3n) is 3.82. The molecule has 3 N–H and O–H groups in total. The summed E-state index contributed by atoms with van der Waals surface area (Å²) < 4.78 is 0. The van der Waals surface area contributed by atoms with E-state index in [2.05, 4.69) is 36.5 Å². The van der Waals surface area contributed by atoms with Gasteiger partial charge in [0.2, 0.25) is 0 Å². The van der Waals surface area contributed by atoms with Crippen LogP contribution >= 0.6 is 11.6 Å². The summed E-state index contributed by atoms with van der Waals surface area (Å²) in [4.78, 5) is 0. The van der Waals surface area contributed by atoms with Crippen LogP contribution < -0.4 is 11.1 Å². The number of nitrogens with one attached hydrogen (secondary N) is 1. The van der Waals surface area contributed by atoms with E-state index in [0.717, 1.165) is 29.3 Å². The van der Waals surface area contributed by atoms with E-state index in [1.54, 1.807) is 0 Å². The molecule has 1 saturated carbocycles. The summed E-state index contributed by atoms with van der Waals surface area (Å²) >= 11 is 6.44. The normalized spacial score (nSPS) is 14.3. The van der Waals surface area contributed by atoms with E-state index in [9.17, 15) is 0 Å². The standard InChI is InChI=1S/C17H19ClN2/c1-11-2-6-13(7-3-11)14-8-9-15(17(19)16(14)18)20-10-12-4-5-12/h2-3,6-9,12,20H,4-5,10,19H2,1H3. The first-order valence-corrected chi connectivity index (χ1v) is 7.42. The predicted molar refractivity (Wildman–Crippen MR) is 87.3 cm³/mol. The molecule has 1 aliphatic carbocycles. The molecule has 2 aromatic rings. The fourth-order valence-electron chi connectivity index (χ4n) is 2.28. The average molecular weight is 287 g/mol. The Labute approximate surface area is 125 Å². The minimum atomic E-state index is 0.634. The molecule has 0 unspecified atom stereocenters. The molecule has 1 fully saturated rings. The molecule has 0 radical (unpaired) electrons. The highest BCUT2D eigenvalue weighted by atomic mass is 35.5. The lowest BCUT2D eigenvalue weighted by Gasteiger charge is -2.13. The van der Waals surface area contributed by atoms with Crippen LogP contribution in [-0.4, -0.2) is 6.54 Å². The summed E-state index contributed by atoms with van der Waals surface area (Å²) in [6, 6.07) is 12.4. The zero-order valence-corrected chi connectivity index (χ0v) is 12.4. The fraction of sp³-hybridized carbons (Fsp3) is 0.294. The third-order valence-corrected chi connectivity index (χ3v) is 4.23. The molecule has 0 amide bonds. The van der Waals surface area contributed by atoms with E-state index in [1.807, 2.05) is 12.1 Å². The maximum atomic E-state index is 6.44. The van der Waals surface area contributed by atoms with Crippen molar-refractivity contribution < 1.29 is 0 Å². The molecular weight excluding hydrogens is 268 g/mol. The quantitative estimate of drug-likeness (QED) is 0.798. The van der Waals surface area contributed by atoms with E-state index in [4.69, 9.17) is 17.3 Å². The lowest BCUT2D eigenvalue weighted by Crippen LogP contribution is -2.06. The van der Waals surface area contributed by atoms with Gasteiger partial charge in [-0.25, -0.2) is 0 Å². The SMILES string of the molecule is Cc1ccc(-c2ccc(NCC3CC3)c(N)c2Cl)cc1. The number of hydrogen-bond donors (Lipinski definition) is 2. The topological polar surface area (TPSA) is 38.0 Å². The van der Waals surface area contributed by atoms with E-state index in [0.29, 0.717) is 10.7 Å². The minimum absolute atomic E-state index is 0.634. The van der Waals surface area contributed by atoms with Gasteiger partial charge in [-0.05, 0) is 37.3 Å². The molecule has 104 valence electrons. The Balaban J connectivity index is 1.88. The molecule has 0 aliphatic heterocycles. The van der Waals surface area contributed by atoms with Crippen LogP contribution in [0.5, 0.6) is 0 Å². The predicted octanol–water partition coefficient (Wildman–Crippen LogP) is 4.72. The molecule has 3 rings (SSSR count). The van der Waals surface area contributed by atoms with Crippen LogP contribution in [0.25, 0.3) is 11.1 Å². The van der Waals surface area contributed by atoms with E-state index >= 15 is 0 Å². The molecule has 1 aliphatic rings. The van der Waals surface area contributed by atoms with Crippen molar-refractivity contribution in [2.75, 3.05) is 17.6 Å². The van der Waals surface area contributed by atoms with Gasteiger partial charge in [-0.1, -0.05) is 47.5 Å². The maximum Gasteiger partial charge on any atom is 0.0745 e. The van der Waals surface area contributed by atoms with Gasteiger partial charge in [-0.15, -0.1) is 0 Å². The Morgan fingerprint density at radius 1 is 1.15 bits per heavy atom. The summed E-state index contributed by atoms with van der Waals surface area (Å²) in [6.07, 6.45) is 2.64. The van der Waals surface area contributed by atoms with E-state index in [1.165, 1.54) is 18.4 Å². The second-order valence-electron chi connectivity index (χ2n) is 5.58. The van der Waals surface area contributed by atoms with Gasteiger partial charge < -0.3 is 11.1 Å². The van der Waals surface area contributed by atoms with Crippen LogP contribution in [0.2, 0.25) is 5.02 Å². The largest absolute Gasteiger partial charge is 0.396 e. The molecule has 0 spiro atoms. The highest BCUT2D eigenvalue weighted by Gasteiger charge is 2.21. The van der Waals surface area contributed by atoms with Crippen LogP contribution in [0.15, 0.2) is 36.4 Å². The van der Waals surface area contributed by atoms with E-state index < -0.39 is 0 Å². The van der Waals surface area contributed by atoms with Gasteiger partial charge in [-0.2, -0.15) is 0 Å². The van der Waals surface area contributed by atoms with Crippen molar-refractivity contribution in [3.8, 4) is 11.1 Å². The zero-order valence-electron chi connectivity index (χ0n) is 11.6. The van der Waals surface area contributed by atoms with Gasteiger partial charge in [-0.3, -0.25) is 0 Å². The van der Waals surface area contributed by atoms with Crippen molar-refractivity contribution in [1.29, 1.82) is 0 Å². The Morgan fingerprint density at radius 2 is 1.85 bits per heavy atom. The van der Waals surface area contributed by atoms with Crippen molar-refractivity contribution >= 4 is 23.0 Å². The van der Waals surface area contributed by atoms with Gasteiger partial charge in [0.05, 0.1) is 16.4 Å². The molecule has 0 saturated heterocycles. The second kappa shape index (κ2) is 5.37. The minimum Gasteiger partial charge on any atom is -0.396 e. The van der Waals surface area contributed by atoms with Crippen LogP contribution in [0.4, 0.5) is 11.4 Å². The Morgan fingerprint density at radius 3 is 2.50 bits per heavy atom. The van der Waals surface area contributed by atoms with Gasteiger partial charge in [0.1, 0.15) is 0 Å². The number of aryl methyl sites for hydroxylation is 1. The summed E-state index contributed by atoms with van der Waals surface area (Å²) in [5.41, 5.74) is 11.1. The van der Waals surface area contributed by atoms with Gasteiger partial charge in [0, 0.05) is 12.1 Å². The number of rotatable bonds is 4. The lowest BCUT2D eigenvalue weighted by atomic mass is 10.0. The Hall–Kier alpha value is -1.67. The first-order chi connectivity index (χ1) is 9.65. The number of hydrogen-bond acceptors (Lipinski definition) is 2. The van der Waals surface area contributed by atoms with Crippen molar-refractivity contribution in [2.45, 2.75) is 19.8 Å². The molecular formula is C17H19ClN2. The smallest absolute Gasteiger partial charge is 0.0745 e. The van der Waals surface area contributed by atoms with Crippen LogP contribution in [0, 0.1) is 12.8 Å². The molecule has 2 nitrogen and oxygen atoms in total. The molecule has 0 heterocycles. The number of nitrogens with two attached hydrogens (primary N) is 1. The third kappa shape index (κ3) is 2.75. The number of halogens is 1. The first kappa shape index (κ1) is 13.3. The molecule has 0 atom stereocenters. The monoisotopic (exact) mass is 286 g/mol. The summed E-state index contributed by atoms with van der Waals surface area (Å²) in [5, 5.41) is 4.03. The van der Waals surface area contributed by atoms with Gasteiger partial charge in [0.15, 0.2) is 0 Å². The molecule has 0 bridgehead atoms. The average Bonchev–Trinajstić information content (AvgIpc) is 3.26. The molecule has 20 heavy (non-hydrogen) atoms. The maximum absolute atomic E-state index is 6.44. The van der Waals surface area contributed by atoms with Gasteiger partial charge >= 0.3 is 0 Å². The van der Waals surface area contributed by atoms with Crippen molar-refractivity contribution in [2.24, 2.45) is 5.92 Å². The highest BCUT2D eigenvalue weighted by Crippen LogP contribution is 2.38. The number of nitrogen functional groups attached to an aromatic ring is 1. The zero-order chi connectivity index (χ0) is 14.1. The summed E-state index contributed by atoms with van der Waals surface area (Å²) in [6.45, 7) is 3.06. The summed E-state index contributed by atoms with van der Waals surface area (Å²) in [5.74, 6) is 0.810. The Kier molecular flexibility index (Phi) is 3.58. The van der Waals surface area contributed by atoms with Crippen LogP contribution in [0.3, 0.4) is 0 Å². The Bertz CT molecular complexity index is 616. The van der Waals surface area contributed by atoms with Gasteiger partial charge in [0.25, 0.3) is 0 Å². The highest BCUT2D eigenvalue weighted by molar-refractivity contribution is 6.36. The molecule has 3 heteroatoms. The number of anilines is 2. The van der Waals surface area contributed by atoms with Crippen LogP contribution in [0.1, 0.15) is 18.4 Å². The molecule has 0 aromatic heterocycles. The lowest BCUT2D eigenvalue weighted by molar-refractivity contribution is 0.890. The number of benzene rings is 2. The molecule has 2 aromatic carbocycles. The van der Waals surface area contributed by atoms with Crippen LogP contribution in [-0.2, 0) is 0 Å². The van der Waals surface area contributed by atoms with Crippen molar-refractivity contribution in [3.63, 3.8) is 0 Å². The van der Waals surface area contributed by atoms with Crippen molar-refractivity contribution in [1.82, 2.24) is 0 Å². The fourth-order valence-corrected chi connectivity index (χ4v) is 2.55. The van der Waals surface area contributed by atoms with Crippen molar-refractivity contribution in [3.05, 3.63) is 47.0 Å². The summed E-state index contributed by atoms with van der Waals surface area (Å²) in [7, 11) is 0.